The molecule has 4 nitrogen and oxygen atoms in total. The molecule has 21 heavy (non-hydrogen) atoms. The third-order valence-electron chi connectivity index (χ3n) is 3.05. The average molecular weight is 361 g/mol. The zero-order valence-corrected chi connectivity index (χ0v) is 13.6. The Morgan fingerprint density at radius 3 is 2.10 bits per heavy atom. The molecule has 0 aliphatic carbocycles. The Kier molecular flexibility index (Phi) is 6.81. The molecule has 0 fully saturated rings. The first kappa shape index (κ1) is 17.6. The molecule has 0 spiro atoms. The van der Waals surface area contributed by atoms with Gasteiger partial charge in [0.15, 0.2) is 5.41 Å². The van der Waals surface area contributed by atoms with E-state index < -0.39 is 24.0 Å². The second-order valence-corrected chi connectivity index (χ2v) is 5.12. The van der Waals surface area contributed by atoms with Gasteiger partial charge in [-0.05, 0) is 25.5 Å². The largest absolute Gasteiger partial charge is 0.465 e. The molecule has 0 saturated heterocycles. The summed E-state index contributed by atoms with van der Waals surface area (Å²) in [5, 5.41) is 0. The SMILES string of the molecule is CCOC(=O)C(CCF)(C(=O)OCC)c1ccccc1Br. The molecule has 1 aromatic rings. The van der Waals surface area contributed by atoms with Gasteiger partial charge in [-0.2, -0.15) is 0 Å². The van der Waals surface area contributed by atoms with Crippen molar-refractivity contribution in [3.63, 3.8) is 0 Å². The first-order valence-electron chi connectivity index (χ1n) is 6.70. The van der Waals surface area contributed by atoms with Crippen LogP contribution in [0, 0.1) is 0 Å². The van der Waals surface area contributed by atoms with Crippen molar-refractivity contribution in [1.29, 1.82) is 0 Å². The number of esters is 2. The number of carbonyl (C=O) groups is 2. The van der Waals surface area contributed by atoms with E-state index in [0.29, 0.717) is 10.0 Å². The van der Waals surface area contributed by atoms with Gasteiger partial charge < -0.3 is 9.47 Å². The van der Waals surface area contributed by atoms with Crippen molar-refractivity contribution >= 4 is 27.9 Å². The van der Waals surface area contributed by atoms with E-state index >= 15 is 0 Å². The molecule has 0 aliphatic heterocycles. The second-order valence-electron chi connectivity index (χ2n) is 4.27. The van der Waals surface area contributed by atoms with Crippen LogP contribution in [-0.4, -0.2) is 31.8 Å². The van der Waals surface area contributed by atoms with Crippen LogP contribution in [0.4, 0.5) is 4.39 Å². The molecule has 0 aromatic heterocycles. The lowest BCUT2D eigenvalue weighted by atomic mass is 9.77. The first-order chi connectivity index (χ1) is 10.0. The number of ether oxygens (including phenoxy) is 2. The molecule has 6 heteroatoms. The lowest BCUT2D eigenvalue weighted by Crippen LogP contribution is -2.47. The molecule has 116 valence electrons. The van der Waals surface area contributed by atoms with Crippen molar-refractivity contribution in [2.24, 2.45) is 0 Å². The normalized spacial score (nSPS) is 11.0. The molecule has 0 amide bonds. The van der Waals surface area contributed by atoms with Gasteiger partial charge in [-0.15, -0.1) is 0 Å². The van der Waals surface area contributed by atoms with Gasteiger partial charge in [-0.25, -0.2) is 0 Å². The van der Waals surface area contributed by atoms with Gasteiger partial charge >= 0.3 is 11.9 Å². The molecular weight excluding hydrogens is 343 g/mol. The number of hydrogen-bond donors (Lipinski definition) is 0. The van der Waals surface area contributed by atoms with E-state index in [2.05, 4.69) is 15.9 Å². The minimum atomic E-state index is -1.79. The van der Waals surface area contributed by atoms with Gasteiger partial charge in [0.25, 0.3) is 0 Å². The van der Waals surface area contributed by atoms with Crippen LogP contribution in [0.15, 0.2) is 28.7 Å². The van der Waals surface area contributed by atoms with Gasteiger partial charge in [0.05, 0.1) is 19.9 Å². The molecule has 0 bridgehead atoms. The van der Waals surface area contributed by atoms with Crippen LogP contribution in [0.2, 0.25) is 0 Å². The van der Waals surface area contributed by atoms with Crippen LogP contribution in [0.5, 0.6) is 0 Å². The molecule has 0 heterocycles. The van der Waals surface area contributed by atoms with Crippen molar-refractivity contribution in [2.45, 2.75) is 25.7 Å². The van der Waals surface area contributed by atoms with E-state index in [0.717, 1.165) is 0 Å². The smallest absolute Gasteiger partial charge is 0.328 e. The van der Waals surface area contributed by atoms with E-state index in [9.17, 15) is 14.0 Å². The van der Waals surface area contributed by atoms with Gasteiger partial charge in [0.2, 0.25) is 0 Å². The Balaban J connectivity index is 3.47. The topological polar surface area (TPSA) is 52.6 Å². The first-order valence-corrected chi connectivity index (χ1v) is 7.49. The highest BCUT2D eigenvalue weighted by atomic mass is 79.9. The number of halogens is 2. The summed E-state index contributed by atoms with van der Waals surface area (Å²) < 4.78 is 23.6. The maximum Gasteiger partial charge on any atom is 0.328 e. The van der Waals surface area contributed by atoms with Crippen molar-refractivity contribution in [3.8, 4) is 0 Å². The van der Waals surface area contributed by atoms with Crippen LogP contribution in [0.1, 0.15) is 25.8 Å². The van der Waals surface area contributed by atoms with E-state index in [-0.39, 0.29) is 19.6 Å². The quantitative estimate of drug-likeness (QED) is 0.553. The molecule has 1 rings (SSSR count). The zero-order chi connectivity index (χ0) is 15.9. The van der Waals surface area contributed by atoms with Crippen molar-refractivity contribution in [2.75, 3.05) is 19.9 Å². The minimum Gasteiger partial charge on any atom is -0.465 e. The van der Waals surface area contributed by atoms with Crippen LogP contribution >= 0.6 is 15.9 Å². The summed E-state index contributed by atoms with van der Waals surface area (Å²) >= 11 is 3.30. The van der Waals surface area contributed by atoms with Gasteiger partial charge in [0.1, 0.15) is 0 Å². The lowest BCUT2D eigenvalue weighted by Gasteiger charge is -2.29. The number of rotatable bonds is 7. The van der Waals surface area contributed by atoms with Crippen LogP contribution in [0.25, 0.3) is 0 Å². The highest BCUT2D eigenvalue weighted by Crippen LogP contribution is 2.36. The van der Waals surface area contributed by atoms with Crippen molar-refractivity contribution < 1.29 is 23.5 Å². The van der Waals surface area contributed by atoms with E-state index in [1.54, 1.807) is 38.1 Å². The molecule has 1 aromatic carbocycles. The van der Waals surface area contributed by atoms with Gasteiger partial charge in [-0.3, -0.25) is 14.0 Å². The molecule has 0 N–H and O–H groups in total. The number of benzene rings is 1. The molecule has 0 saturated carbocycles. The second kappa shape index (κ2) is 8.12. The molecular formula is C15H18BrFO4. The molecule has 0 atom stereocenters. The maximum absolute atomic E-state index is 13.1. The summed E-state index contributed by atoms with van der Waals surface area (Å²) in [6.45, 7) is 2.60. The lowest BCUT2D eigenvalue weighted by molar-refractivity contribution is -0.165. The standard InChI is InChI=1S/C15H18BrFO4/c1-3-20-13(18)15(9-10-17,14(19)21-4-2)11-7-5-6-8-12(11)16/h5-8H,3-4,9-10H2,1-2H3. The van der Waals surface area contributed by atoms with Gasteiger partial charge in [-0.1, -0.05) is 34.1 Å². The van der Waals surface area contributed by atoms with E-state index in [1.165, 1.54) is 0 Å². The Bertz CT molecular complexity index is 486. The van der Waals surface area contributed by atoms with Crippen LogP contribution in [-0.2, 0) is 24.5 Å². The monoisotopic (exact) mass is 360 g/mol. The van der Waals surface area contributed by atoms with Gasteiger partial charge in [0, 0.05) is 10.9 Å². The Hall–Kier alpha value is -1.43. The number of alkyl halides is 1. The summed E-state index contributed by atoms with van der Waals surface area (Å²) in [7, 11) is 0. The summed E-state index contributed by atoms with van der Waals surface area (Å²) in [5.41, 5.74) is -1.44. The summed E-state index contributed by atoms with van der Waals surface area (Å²) in [6.07, 6.45) is -0.326. The summed E-state index contributed by atoms with van der Waals surface area (Å²) in [5.74, 6) is -1.60. The van der Waals surface area contributed by atoms with Crippen molar-refractivity contribution in [3.05, 3.63) is 34.3 Å². The fourth-order valence-corrected chi connectivity index (χ4v) is 2.72. The fourth-order valence-electron chi connectivity index (χ4n) is 2.10. The molecule has 0 unspecified atom stereocenters. The molecule has 0 radical (unpaired) electrons. The number of hydrogen-bond acceptors (Lipinski definition) is 4. The number of carbonyl (C=O) groups excluding carboxylic acids is 2. The maximum atomic E-state index is 13.1. The van der Waals surface area contributed by atoms with Crippen molar-refractivity contribution in [1.82, 2.24) is 0 Å². The summed E-state index contributed by atoms with van der Waals surface area (Å²) in [4.78, 5) is 24.8. The average Bonchev–Trinajstić information content (AvgIpc) is 2.46. The zero-order valence-electron chi connectivity index (χ0n) is 12.0. The Labute approximate surface area is 131 Å². The third kappa shape index (κ3) is 3.61. The van der Waals surface area contributed by atoms with Crippen LogP contribution < -0.4 is 0 Å². The summed E-state index contributed by atoms with van der Waals surface area (Å²) in [6, 6.07) is 6.68. The Morgan fingerprint density at radius 1 is 1.14 bits per heavy atom. The minimum absolute atomic E-state index is 0.0940. The predicted octanol–water partition coefficient (Wildman–Crippen LogP) is 3.17. The predicted molar refractivity (Wildman–Crippen MR) is 79.7 cm³/mol. The highest BCUT2D eigenvalue weighted by molar-refractivity contribution is 9.10. The highest BCUT2D eigenvalue weighted by Gasteiger charge is 2.51. The fraction of sp³-hybridized carbons (Fsp3) is 0.467. The van der Waals surface area contributed by atoms with E-state index in [4.69, 9.17) is 9.47 Å². The van der Waals surface area contributed by atoms with E-state index in [1.807, 2.05) is 0 Å². The Morgan fingerprint density at radius 2 is 1.67 bits per heavy atom. The third-order valence-corrected chi connectivity index (χ3v) is 3.74. The van der Waals surface area contributed by atoms with Crippen LogP contribution in [0.3, 0.4) is 0 Å². The molecule has 0 aliphatic rings.